The molecule has 0 unspecified atom stereocenters. The lowest BCUT2D eigenvalue weighted by Crippen LogP contribution is -2.13. The first-order valence-corrected chi connectivity index (χ1v) is 6.49. The molecule has 1 amide bonds. The summed E-state index contributed by atoms with van der Waals surface area (Å²) in [4.78, 5) is 28.1. The van der Waals surface area contributed by atoms with Gasteiger partial charge in [-0.25, -0.2) is 9.97 Å². The van der Waals surface area contributed by atoms with Crippen LogP contribution in [0.5, 0.6) is 0 Å². The van der Waals surface area contributed by atoms with Crippen molar-refractivity contribution in [1.82, 2.24) is 19.9 Å². The van der Waals surface area contributed by atoms with Gasteiger partial charge >= 0.3 is 0 Å². The van der Waals surface area contributed by atoms with Gasteiger partial charge in [0.2, 0.25) is 5.95 Å². The maximum absolute atomic E-state index is 11.4. The predicted octanol–water partition coefficient (Wildman–Crippen LogP) is 1.78. The summed E-state index contributed by atoms with van der Waals surface area (Å²) in [5.74, 6) is -0.176. The van der Waals surface area contributed by atoms with Crippen LogP contribution in [0.2, 0.25) is 0 Å². The maximum atomic E-state index is 11.4. The zero-order valence-electron chi connectivity index (χ0n) is 11.5. The molecule has 0 aliphatic heterocycles. The highest BCUT2D eigenvalue weighted by Crippen LogP contribution is 2.20. The fourth-order valence-electron chi connectivity index (χ4n) is 1.92. The Morgan fingerprint density at radius 3 is 2.64 bits per heavy atom. The van der Waals surface area contributed by atoms with Crippen LogP contribution in [0.4, 0.5) is 11.6 Å². The van der Waals surface area contributed by atoms with Crippen molar-refractivity contribution in [1.29, 1.82) is 0 Å². The highest BCUT2D eigenvalue weighted by molar-refractivity contribution is 5.98. The van der Waals surface area contributed by atoms with Crippen LogP contribution in [0.3, 0.4) is 0 Å². The highest BCUT2D eigenvalue weighted by atomic mass is 16.1. The van der Waals surface area contributed by atoms with Gasteiger partial charge in [-0.1, -0.05) is 12.1 Å². The zero-order valence-corrected chi connectivity index (χ0v) is 11.5. The van der Waals surface area contributed by atoms with Crippen LogP contribution in [0.1, 0.15) is 10.4 Å². The van der Waals surface area contributed by atoms with Crippen molar-refractivity contribution < 1.29 is 4.79 Å². The van der Waals surface area contributed by atoms with Crippen LogP contribution in [-0.2, 0) is 0 Å². The number of hydrogen-bond acceptors (Lipinski definition) is 6. The van der Waals surface area contributed by atoms with Gasteiger partial charge in [-0.3, -0.25) is 14.8 Å². The van der Waals surface area contributed by atoms with E-state index in [0.717, 1.165) is 0 Å². The number of nitrogens with two attached hydrogens (primary N) is 1. The molecule has 0 fully saturated rings. The number of amides is 1. The lowest BCUT2D eigenvalue weighted by Gasteiger charge is -2.09. The fourth-order valence-corrected chi connectivity index (χ4v) is 1.92. The first-order valence-electron chi connectivity index (χ1n) is 6.49. The van der Waals surface area contributed by atoms with E-state index in [1.165, 1.54) is 0 Å². The number of hydrogen-bond donors (Lipinski definition) is 2. The summed E-state index contributed by atoms with van der Waals surface area (Å²) in [6.07, 6.45) is 6.40. The number of carbonyl (C=O) groups is 1. The van der Waals surface area contributed by atoms with Gasteiger partial charge in [0.05, 0.1) is 23.1 Å². The molecule has 7 heteroatoms. The molecule has 2 aromatic heterocycles. The van der Waals surface area contributed by atoms with Crippen molar-refractivity contribution in [3.63, 3.8) is 0 Å². The monoisotopic (exact) mass is 292 g/mol. The van der Waals surface area contributed by atoms with Crippen LogP contribution in [0, 0.1) is 0 Å². The number of rotatable bonds is 4. The molecular formula is C15H12N6O. The van der Waals surface area contributed by atoms with E-state index < -0.39 is 5.91 Å². The third-order valence-electron chi connectivity index (χ3n) is 2.92. The maximum Gasteiger partial charge on any atom is 0.250 e. The molecule has 0 aliphatic carbocycles. The van der Waals surface area contributed by atoms with Gasteiger partial charge in [0.25, 0.3) is 5.91 Å². The number of aromatic nitrogens is 4. The van der Waals surface area contributed by atoms with E-state index in [2.05, 4.69) is 25.3 Å². The highest BCUT2D eigenvalue weighted by Gasteiger charge is 2.09. The first kappa shape index (κ1) is 13.6. The largest absolute Gasteiger partial charge is 0.366 e. The molecule has 108 valence electrons. The van der Waals surface area contributed by atoms with Crippen LogP contribution >= 0.6 is 0 Å². The minimum Gasteiger partial charge on any atom is -0.366 e. The van der Waals surface area contributed by atoms with Crippen molar-refractivity contribution in [3.05, 3.63) is 60.7 Å². The lowest BCUT2D eigenvalue weighted by atomic mass is 10.1. The second kappa shape index (κ2) is 5.96. The summed E-state index contributed by atoms with van der Waals surface area (Å²) in [6, 6.07) is 8.63. The quantitative estimate of drug-likeness (QED) is 0.759. The Morgan fingerprint density at radius 1 is 1.00 bits per heavy atom. The number of nitrogens with zero attached hydrogens (tertiary/aromatic N) is 4. The van der Waals surface area contributed by atoms with Gasteiger partial charge in [-0.15, -0.1) is 0 Å². The van der Waals surface area contributed by atoms with Crippen LogP contribution in [-0.4, -0.2) is 25.8 Å². The van der Waals surface area contributed by atoms with Crippen molar-refractivity contribution in [2.24, 2.45) is 5.73 Å². The lowest BCUT2D eigenvalue weighted by molar-refractivity contribution is 0.100. The van der Waals surface area contributed by atoms with E-state index in [9.17, 15) is 4.79 Å². The van der Waals surface area contributed by atoms with E-state index in [1.54, 1.807) is 55.1 Å². The van der Waals surface area contributed by atoms with E-state index in [1.807, 2.05) is 0 Å². The predicted molar refractivity (Wildman–Crippen MR) is 81.3 cm³/mol. The standard InChI is InChI=1S/C15H12N6O/c16-14(22)10-3-1-2-4-11(10)20-15-19-6-5-12(21-15)13-9-17-7-8-18-13/h1-9H,(H2,16,22)(H,19,20,21). The third kappa shape index (κ3) is 2.88. The number of primary amides is 1. The summed E-state index contributed by atoms with van der Waals surface area (Å²) < 4.78 is 0. The molecule has 3 N–H and O–H groups in total. The van der Waals surface area contributed by atoms with E-state index in [-0.39, 0.29) is 0 Å². The Kier molecular flexibility index (Phi) is 3.69. The number of nitrogens with one attached hydrogen (secondary N) is 1. The Morgan fingerprint density at radius 2 is 1.86 bits per heavy atom. The van der Waals surface area contributed by atoms with Gasteiger partial charge in [0.15, 0.2) is 0 Å². The van der Waals surface area contributed by atoms with Crippen molar-refractivity contribution in [2.75, 3.05) is 5.32 Å². The molecule has 0 atom stereocenters. The molecule has 0 spiro atoms. The van der Waals surface area contributed by atoms with Gasteiger partial charge in [0, 0.05) is 18.6 Å². The molecule has 1 aromatic carbocycles. The normalized spacial score (nSPS) is 10.2. The molecule has 2 heterocycles. The number of benzene rings is 1. The van der Waals surface area contributed by atoms with Gasteiger partial charge in [-0.2, -0.15) is 0 Å². The van der Waals surface area contributed by atoms with Crippen LogP contribution in [0.15, 0.2) is 55.1 Å². The minimum atomic E-state index is -0.520. The Hall–Kier alpha value is -3.35. The van der Waals surface area contributed by atoms with E-state index in [4.69, 9.17) is 5.73 Å². The zero-order chi connectivity index (χ0) is 15.4. The molecule has 0 saturated heterocycles. The summed E-state index contributed by atoms with van der Waals surface area (Å²) in [5.41, 5.74) is 7.53. The average molecular weight is 292 g/mol. The van der Waals surface area contributed by atoms with Crippen LogP contribution in [0.25, 0.3) is 11.4 Å². The fraction of sp³-hybridized carbons (Fsp3) is 0. The third-order valence-corrected chi connectivity index (χ3v) is 2.92. The second-order valence-corrected chi connectivity index (χ2v) is 4.39. The Bertz CT molecular complexity index is 806. The molecule has 0 bridgehead atoms. The molecule has 0 radical (unpaired) electrons. The summed E-state index contributed by atoms with van der Waals surface area (Å²) in [6.45, 7) is 0. The van der Waals surface area contributed by atoms with Gasteiger partial charge < -0.3 is 11.1 Å². The Labute approximate surface area is 126 Å². The summed E-state index contributed by atoms with van der Waals surface area (Å²) in [5, 5.41) is 2.99. The topological polar surface area (TPSA) is 107 Å². The SMILES string of the molecule is NC(=O)c1ccccc1Nc1nccc(-c2cnccn2)n1. The second-order valence-electron chi connectivity index (χ2n) is 4.39. The van der Waals surface area contributed by atoms with Gasteiger partial charge in [0.1, 0.15) is 5.69 Å². The van der Waals surface area contributed by atoms with Crippen LogP contribution < -0.4 is 11.1 Å². The van der Waals surface area contributed by atoms with Crippen molar-refractivity contribution in [2.45, 2.75) is 0 Å². The smallest absolute Gasteiger partial charge is 0.250 e. The summed E-state index contributed by atoms with van der Waals surface area (Å²) >= 11 is 0. The summed E-state index contributed by atoms with van der Waals surface area (Å²) in [7, 11) is 0. The molecule has 3 rings (SSSR count). The van der Waals surface area contributed by atoms with Crippen molar-refractivity contribution in [3.8, 4) is 11.4 Å². The number of para-hydroxylation sites is 1. The van der Waals surface area contributed by atoms with Crippen molar-refractivity contribution >= 4 is 17.5 Å². The number of anilines is 2. The molecule has 7 nitrogen and oxygen atoms in total. The number of carbonyl (C=O) groups excluding carboxylic acids is 1. The molecular weight excluding hydrogens is 280 g/mol. The minimum absolute atomic E-state index is 0.344. The molecule has 0 aliphatic rings. The van der Waals surface area contributed by atoms with E-state index >= 15 is 0 Å². The molecule has 22 heavy (non-hydrogen) atoms. The first-order chi connectivity index (χ1) is 10.7. The molecule has 0 saturated carbocycles. The van der Waals surface area contributed by atoms with Gasteiger partial charge in [-0.05, 0) is 18.2 Å². The van der Waals surface area contributed by atoms with E-state index in [0.29, 0.717) is 28.6 Å². The average Bonchev–Trinajstić information content (AvgIpc) is 2.56. The Balaban J connectivity index is 1.93. The molecule has 3 aromatic rings.